The SMILES string of the molecule is CC(C)c1c(O)n(CCCOCC2CC2)c(=O)[nH]c1=O. The second-order valence-corrected chi connectivity index (χ2v) is 5.67. The van der Waals surface area contributed by atoms with E-state index in [0.29, 0.717) is 25.5 Å². The summed E-state index contributed by atoms with van der Waals surface area (Å²) in [6, 6.07) is 0. The lowest BCUT2D eigenvalue weighted by atomic mass is 10.1. The molecule has 1 saturated carbocycles. The summed E-state index contributed by atoms with van der Waals surface area (Å²) in [7, 11) is 0. The van der Waals surface area contributed by atoms with E-state index in [9.17, 15) is 14.7 Å². The van der Waals surface area contributed by atoms with Gasteiger partial charge in [0.05, 0.1) is 5.56 Å². The summed E-state index contributed by atoms with van der Waals surface area (Å²) in [6.45, 7) is 5.28. The van der Waals surface area contributed by atoms with Gasteiger partial charge in [-0.15, -0.1) is 0 Å². The van der Waals surface area contributed by atoms with Gasteiger partial charge in [-0.05, 0) is 31.1 Å². The summed E-state index contributed by atoms with van der Waals surface area (Å²) in [6.07, 6.45) is 3.12. The van der Waals surface area contributed by atoms with Crippen molar-refractivity contribution in [3.63, 3.8) is 0 Å². The summed E-state index contributed by atoms with van der Waals surface area (Å²) in [5.41, 5.74) is -0.827. The van der Waals surface area contributed by atoms with E-state index in [1.807, 2.05) is 0 Å². The molecule has 0 aliphatic heterocycles. The zero-order valence-corrected chi connectivity index (χ0v) is 12.0. The zero-order chi connectivity index (χ0) is 14.7. The summed E-state index contributed by atoms with van der Waals surface area (Å²) in [4.78, 5) is 25.6. The number of aromatic amines is 1. The highest BCUT2D eigenvalue weighted by atomic mass is 16.5. The van der Waals surface area contributed by atoms with Gasteiger partial charge in [0.1, 0.15) is 0 Å². The van der Waals surface area contributed by atoms with E-state index in [2.05, 4.69) is 4.98 Å². The number of nitrogens with zero attached hydrogens (tertiary/aromatic N) is 1. The van der Waals surface area contributed by atoms with Crippen molar-refractivity contribution < 1.29 is 9.84 Å². The Bertz CT molecular complexity index is 570. The standard InChI is InChI=1S/C14H22N2O4/c1-9(2)11-12(17)15-14(19)16(13(11)18)6-3-7-20-8-10-4-5-10/h9-10,18H,3-8H2,1-2H3,(H,15,17,19). The minimum atomic E-state index is -0.570. The van der Waals surface area contributed by atoms with E-state index in [1.165, 1.54) is 17.4 Å². The number of hydrogen-bond acceptors (Lipinski definition) is 4. The predicted octanol–water partition coefficient (Wildman–Crippen LogP) is 1.18. The highest BCUT2D eigenvalue weighted by Gasteiger charge is 2.21. The van der Waals surface area contributed by atoms with Crippen molar-refractivity contribution in [2.75, 3.05) is 13.2 Å². The van der Waals surface area contributed by atoms with Gasteiger partial charge in [-0.1, -0.05) is 13.8 Å². The van der Waals surface area contributed by atoms with Crippen LogP contribution < -0.4 is 11.2 Å². The van der Waals surface area contributed by atoms with E-state index >= 15 is 0 Å². The van der Waals surface area contributed by atoms with Crippen molar-refractivity contribution in [1.82, 2.24) is 9.55 Å². The van der Waals surface area contributed by atoms with E-state index < -0.39 is 11.2 Å². The van der Waals surface area contributed by atoms with Crippen LogP contribution in [0.4, 0.5) is 0 Å². The normalized spacial score (nSPS) is 14.9. The Kier molecular flexibility index (Phi) is 4.65. The van der Waals surface area contributed by atoms with Crippen LogP contribution in [-0.2, 0) is 11.3 Å². The molecule has 0 unspecified atom stereocenters. The molecule has 1 aliphatic carbocycles. The van der Waals surface area contributed by atoms with Gasteiger partial charge in [0.25, 0.3) is 5.56 Å². The molecular formula is C14H22N2O4. The van der Waals surface area contributed by atoms with E-state index in [4.69, 9.17) is 4.74 Å². The van der Waals surface area contributed by atoms with E-state index in [0.717, 1.165) is 6.61 Å². The van der Waals surface area contributed by atoms with Crippen LogP contribution in [0.3, 0.4) is 0 Å². The molecule has 0 saturated heterocycles. The summed E-state index contributed by atoms with van der Waals surface area (Å²) >= 11 is 0. The molecular weight excluding hydrogens is 260 g/mol. The topological polar surface area (TPSA) is 84.3 Å². The minimum Gasteiger partial charge on any atom is -0.494 e. The lowest BCUT2D eigenvalue weighted by molar-refractivity contribution is 0.118. The molecule has 1 heterocycles. The molecule has 2 N–H and O–H groups in total. The Labute approximate surface area is 117 Å². The lowest BCUT2D eigenvalue weighted by Crippen LogP contribution is -2.33. The van der Waals surface area contributed by atoms with Crippen molar-refractivity contribution in [1.29, 1.82) is 0 Å². The maximum atomic E-state index is 11.7. The van der Waals surface area contributed by atoms with Gasteiger partial charge in [0, 0.05) is 19.8 Å². The van der Waals surface area contributed by atoms with Gasteiger partial charge < -0.3 is 9.84 Å². The molecule has 2 rings (SSSR count). The van der Waals surface area contributed by atoms with Gasteiger partial charge >= 0.3 is 5.69 Å². The van der Waals surface area contributed by atoms with Crippen molar-refractivity contribution >= 4 is 0 Å². The third kappa shape index (κ3) is 3.50. The summed E-state index contributed by atoms with van der Waals surface area (Å²) in [5.74, 6) is 0.347. The van der Waals surface area contributed by atoms with Crippen LogP contribution in [0.1, 0.15) is 44.6 Å². The van der Waals surface area contributed by atoms with Crippen LogP contribution >= 0.6 is 0 Å². The fraction of sp³-hybridized carbons (Fsp3) is 0.714. The number of nitrogens with one attached hydrogen (secondary N) is 1. The minimum absolute atomic E-state index is 0.142. The number of aromatic hydroxyl groups is 1. The fourth-order valence-electron chi connectivity index (χ4n) is 2.16. The molecule has 0 amide bonds. The Morgan fingerprint density at radius 2 is 2.10 bits per heavy atom. The average molecular weight is 282 g/mol. The molecule has 20 heavy (non-hydrogen) atoms. The van der Waals surface area contributed by atoms with E-state index in [-0.39, 0.29) is 17.4 Å². The monoisotopic (exact) mass is 282 g/mol. The van der Waals surface area contributed by atoms with Crippen molar-refractivity contribution in [3.8, 4) is 5.88 Å². The number of rotatable bonds is 7. The molecule has 1 aromatic rings. The van der Waals surface area contributed by atoms with Gasteiger partial charge in [0.2, 0.25) is 5.88 Å². The molecule has 6 nitrogen and oxygen atoms in total. The van der Waals surface area contributed by atoms with Crippen molar-refractivity contribution in [3.05, 3.63) is 26.4 Å². The quantitative estimate of drug-likeness (QED) is 0.736. The van der Waals surface area contributed by atoms with Gasteiger partial charge in [-0.25, -0.2) is 4.79 Å². The Hall–Kier alpha value is -1.56. The zero-order valence-electron chi connectivity index (χ0n) is 12.0. The number of H-pyrrole nitrogens is 1. The molecule has 0 spiro atoms. The van der Waals surface area contributed by atoms with Gasteiger partial charge in [0.15, 0.2) is 0 Å². The van der Waals surface area contributed by atoms with Crippen LogP contribution in [0, 0.1) is 5.92 Å². The average Bonchev–Trinajstić information content (AvgIpc) is 3.15. The molecule has 0 radical (unpaired) electrons. The molecule has 0 bridgehead atoms. The van der Waals surface area contributed by atoms with Crippen LogP contribution in [0.5, 0.6) is 5.88 Å². The maximum absolute atomic E-state index is 11.7. The van der Waals surface area contributed by atoms with E-state index in [1.54, 1.807) is 13.8 Å². The highest BCUT2D eigenvalue weighted by molar-refractivity contribution is 5.25. The van der Waals surface area contributed by atoms with Crippen molar-refractivity contribution in [2.24, 2.45) is 5.92 Å². The smallest absolute Gasteiger partial charge is 0.331 e. The molecule has 1 aliphatic rings. The fourth-order valence-corrected chi connectivity index (χ4v) is 2.16. The van der Waals surface area contributed by atoms with Crippen LogP contribution in [0.25, 0.3) is 0 Å². The molecule has 1 aromatic heterocycles. The molecule has 112 valence electrons. The van der Waals surface area contributed by atoms with Gasteiger partial charge in [-0.2, -0.15) is 0 Å². The number of aromatic nitrogens is 2. The predicted molar refractivity (Wildman–Crippen MR) is 75.2 cm³/mol. The van der Waals surface area contributed by atoms with Crippen LogP contribution in [0.15, 0.2) is 9.59 Å². The Balaban J connectivity index is 2.00. The highest BCUT2D eigenvalue weighted by Crippen LogP contribution is 2.28. The second kappa shape index (κ2) is 6.26. The molecule has 0 atom stereocenters. The third-order valence-electron chi connectivity index (χ3n) is 3.51. The number of hydrogen-bond donors (Lipinski definition) is 2. The van der Waals surface area contributed by atoms with Crippen molar-refractivity contribution in [2.45, 2.75) is 45.6 Å². The number of ether oxygens (including phenoxy) is 1. The molecule has 6 heteroatoms. The van der Waals surface area contributed by atoms with Gasteiger partial charge in [-0.3, -0.25) is 14.3 Å². The Morgan fingerprint density at radius 3 is 2.70 bits per heavy atom. The second-order valence-electron chi connectivity index (χ2n) is 5.67. The summed E-state index contributed by atoms with van der Waals surface area (Å²) in [5, 5.41) is 10.1. The third-order valence-corrected chi connectivity index (χ3v) is 3.51. The first-order valence-electron chi connectivity index (χ1n) is 7.14. The molecule has 0 aromatic carbocycles. The van der Waals surface area contributed by atoms with Crippen LogP contribution in [-0.4, -0.2) is 27.9 Å². The summed E-state index contributed by atoms with van der Waals surface area (Å²) < 4.78 is 6.70. The largest absolute Gasteiger partial charge is 0.494 e. The first-order valence-corrected chi connectivity index (χ1v) is 7.14. The maximum Gasteiger partial charge on any atom is 0.331 e. The first-order chi connectivity index (χ1) is 9.50. The lowest BCUT2D eigenvalue weighted by Gasteiger charge is -2.13. The molecule has 1 fully saturated rings. The van der Waals surface area contributed by atoms with Crippen LogP contribution in [0.2, 0.25) is 0 Å². The Morgan fingerprint density at radius 1 is 1.40 bits per heavy atom. The first kappa shape index (κ1) is 14.8.